The van der Waals surface area contributed by atoms with Crippen LogP contribution in [0.25, 0.3) is 10.9 Å². The van der Waals surface area contributed by atoms with Gasteiger partial charge in [0, 0.05) is 30.6 Å². The molecule has 1 fully saturated rings. The Morgan fingerprint density at radius 2 is 1.96 bits per heavy atom. The van der Waals surface area contributed by atoms with Gasteiger partial charge in [-0.05, 0) is 25.8 Å². The average molecular weight is 387 g/mol. The van der Waals surface area contributed by atoms with Gasteiger partial charge in [0.1, 0.15) is 23.3 Å². The van der Waals surface area contributed by atoms with Crippen LogP contribution in [0.3, 0.4) is 0 Å². The Balaban J connectivity index is 1.66. The van der Waals surface area contributed by atoms with E-state index in [9.17, 15) is 13.2 Å². The molecule has 3 heterocycles. The summed E-state index contributed by atoms with van der Waals surface area (Å²) in [5, 5.41) is 3.86. The number of hydrogen-bond donors (Lipinski definition) is 1. The summed E-state index contributed by atoms with van der Waals surface area (Å²) >= 11 is 0. The van der Waals surface area contributed by atoms with Crippen LogP contribution in [-0.4, -0.2) is 28.0 Å². The molecule has 1 aliphatic heterocycles. The third-order valence-corrected chi connectivity index (χ3v) is 4.90. The maximum Gasteiger partial charge on any atom is 0.266 e. The van der Waals surface area contributed by atoms with Crippen LogP contribution in [0.2, 0.25) is 0 Å². The SMILES string of the molecule is Cc1nc(NCc2cccc(C(F)F)c2F)c2cc(N3CCCC3)ncc2n1. The summed E-state index contributed by atoms with van der Waals surface area (Å²) in [6.45, 7) is 3.72. The van der Waals surface area contributed by atoms with Gasteiger partial charge in [-0.25, -0.2) is 28.1 Å². The van der Waals surface area contributed by atoms with Crippen molar-refractivity contribution in [2.75, 3.05) is 23.3 Å². The van der Waals surface area contributed by atoms with E-state index in [0.717, 1.165) is 43.2 Å². The van der Waals surface area contributed by atoms with E-state index in [1.807, 2.05) is 6.07 Å². The molecular formula is C20H20F3N5. The standard InChI is InChI=1S/C20H20F3N5/c1-12-26-16-11-24-17(28-7-2-3-8-28)9-15(16)20(27-12)25-10-13-5-4-6-14(18(13)21)19(22)23/h4-6,9,11,19H,2-3,7-8,10H2,1H3,(H,25,26,27). The molecule has 0 aliphatic carbocycles. The fourth-order valence-electron chi connectivity index (χ4n) is 3.47. The van der Waals surface area contributed by atoms with Crippen LogP contribution >= 0.6 is 0 Å². The van der Waals surface area contributed by atoms with Crippen molar-refractivity contribution in [3.8, 4) is 0 Å². The maximum atomic E-state index is 14.3. The molecule has 1 aromatic carbocycles. The highest BCUT2D eigenvalue weighted by Gasteiger charge is 2.18. The molecule has 28 heavy (non-hydrogen) atoms. The fourth-order valence-corrected chi connectivity index (χ4v) is 3.47. The minimum Gasteiger partial charge on any atom is -0.365 e. The van der Waals surface area contributed by atoms with Gasteiger partial charge in [-0.1, -0.05) is 18.2 Å². The molecule has 1 saturated heterocycles. The summed E-state index contributed by atoms with van der Waals surface area (Å²) in [5.41, 5.74) is 0.249. The third kappa shape index (κ3) is 3.58. The van der Waals surface area contributed by atoms with Crippen LogP contribution in [0.15, 0.2) is 30.5 Å². The quantitative estimate of drug-likeness (QED) is 0.692. The Hall–Kier alpha value is -2.90. The zero-order valence-corrected chi connectivity index (χ0v) is 15.4. The van der Waals surface area contributed by atoms with Crippen LogP contribution < -0.4 is 10.2 Å². The molecule has 0 atom stereocenters. The Bertz CT molecular complexity index is 1000. The molecule has 0 spiro atoms. The lowest BCUT2D eigenvalue weighted by Crippen LogP contribution is -2.19. The van der Waals surface area contributed by atoms with Crippen molar-refractivity contribution in [1.29, 1.82) is 0 Å². The van der Waals surface area contributed by atoms with E-state index < -0.39 is 17.8 Å². The largest absolute Gasteiger partial charge is 0.365 e. The van der Waals surface area contributed by atoms with E-state index in [1.165, 1.54) is 12.1 Å². The predicted molar refractivity (Wildman–Crippen MR) is 102 cm³/mol. The second kappa shape index (κ2) is 7.61. The minimum absolute atomic E-state index is 0.0410. The average Bonchev–Trinajstić information content (AvgIpc) is 3.21. The molecule has 146 valence electrons. The zero-order valence-electron chi connectivity index (χ0n) is 15.4. The highest BCUT2D eigenvalue weighted by atomic mass is 19.3. The highest BCUT2D eigenvalue weighted by Crippen LogP contribution is 2.28. The Kier molecular flexibility index (Phi) is 5.02. The molecule has 0 unspecified atom stereocenters. The van der Waals surface area contributed by atoms with Gasteiger partial charge in [0.2, 0.25) is 0 Å². The zero-order chi connectivity index (χ0) is 19.7. The van der Waals surface area contributed by atoms with Crippen LogP contribution in [0, 0.1) is 12.7 Å². The number of aromatic nitrogens is 3. The molecule has 0 radical (unpaired) electrons. The Morgan fingerprint density at radius 3 is 2.71 bits per heavy atom. The predicted octanol–water partition coefficient (Wildman–Crippen LogP) is 4.62. The lowest BCUT2D eigenvalue weighted by Gasteiger charge is -2.17. The van der Waals surface area contributed by atoms with Crippen LogP contribution in [0.4, 0.5) is 24.8 Å². The number of aryl methyl sites for hydroxylation is 1. The van der Waals surface area contributed by atoms with Crippen LogP contribution in [0.1, 0.15) is 36.2 Å². The van der Waals surface area contributed by atoms with Crippen molar-refractivity contribution < 1.29 is 13.2 Å². The first kappa shape index (κ1) is 18.5. The molecule has 2 aromatic heterocycles. The number of alkyl halides is 2. The molecule has 8 heteroatoms. The van der Waals surface area contributed by atoms with Gasteiger partial charge in [-0.15, -0.1) is 0 Å². The smallest absolute Gasteiger partial charge is 0.266 e. The monoisotopic (exact) mass is 387 g/mol. The van der Waals surface area contributed by atoms with Crippen molar-refractivity contribution in [1.82, 2.24) is 15.0 Å². The van der Waals surface area contributed by atoms with E-state index >= 15 is 0 Å². The van der Waals surface area contributed by atoms with E-state index in [1.54, 1.807) is 13.1 Å². The number of hydrogen-bond acceptors (Lipinski definition) is 5. The summed E-state index contributed by atoms with van der Waals surface area (Å²) in [5.74, 6) is 1.05. The number of anilines is 2. The lowest BCUT2D eigenvalue weighted by atomic mass is 10.1. The van der Waals surface area contributed by atoms with Crippen molar-refractivity contribution in [3.05, 3.63) is 53.2 Å². The molecule has 0 saturated carbocycles. The van der Waals surface area contributed by atoms with Crippen molar-refractivity contribution >= 4 is 22.5 Å². The summed E-state index contributed by atoms with van der Waals surface area (Å²) in [4.78, 5) is 15.5. The van der Waals surface area contributed by atoms with E-state index in [0.29, 0.717) is 17.2 Å². The van der Waals surface area contributed by atoms with E-state index in [-0.39, 0.29) is 12.1 Å². The molecule has 1 N–H and O–H groups in total. The van der Waals surface area contributed by atoms with Gasteiger partial charge in [0.05, 0.1) is 17.3 Å². The molecule has 1 aliphatic rings. The second-order valence-electron chi connectivity index (χ2n) is 6.85. The summed E-state index contributed by atoms with van der Waals surface area (Å²) in [6.07, 6.45) is 1.13. The van der Waals surface area contributed by atoms with Crippen molar-refractivity contribution in [2.45, 2.75) is 32.7 Å². The maximum absolute atomic E-state index is 14.3. The Labute approximate surface area is 160 Å². The van der Waals surface area contributed by atoms with Crippen molar-refractivity contribution in [3.63, 3.8) is 0 Å². The van der Waals surface area contributed by atoms with Gasteiger partial charge >= 0.3 is 0 Å². The van der Waals surface area contributed by atoms with Gasteiger partial charge < -0.3 is 10.2 Å². The van der Waals surface area contributed by atoms with Gasteiger partial charge in [0.15, 0.2) is 0 Å². The first-order valence-electron chi connectivity index (χ1n) is 9.21. The number of fused-ring (bicyclic) bond motifs is 1. The summed E-state index contributed by atoms with van der Waals surface area (Å²) in [6, 6.07) is 5.94. The molecule has 4 rings (SSSR count). The number of nitrogens with zero attached hydrogens (tertiary/aromatic N) is 4. The summed E-state index contributed by atoms with van der Waals surface area (Å²) < 4.78 is 40.2. The molecule has 3 aromatic rings. The number of benzene rings is 1. The van der Waals surface area contributed by atoms with Crippen LogP contribution in [0.5, 0.6) is 0 Å². The molecule has 0 bridgehead atoms. The van der Waals surface area contributed by atoms with Crippen molar-refractivity contribution in [2.24, 2.45) is 0 Å². The van der Waals surface area contributed by atoms with E-state index in [4.69, 9.17) is 0 Å². The number of halogens is 3. The fraction of sp³-hybridized carbons (Fsp3) is 0.350. The third-order valence-electron chi connectivity index (χ3n) is 4.90. The minimum atomic E-state index is -2.85. The topological polar surface area (TPSA) is 53.9 Å². The number of pyridine rings is 1. The van der Waals surface area contributed by atoms with Gasteiger partial charge in [0.25, 0.3) is 6.43 Å². The molecule has 0 amide bonds. The lowest BCUT2D eigenvalue weighted by molar-refractivity contribution is 0.146. The Morgan fingerprint density at radius 1 is 1.18 bits per heavy atom. The van der Waals surface area contributed by atoms with Crippen LogP contribution in [-0.2, 0) is 6.54 Å². The number of nitrogens with one attached hydrogen (secondary N) is 1. The normalized spacial score (nSPS) is 14.2. The first-order valence-corrected chi connectivity index (χ1v) is 9.21. The first-order chi connectivity index (χ1) is 13.5. The number of rotatable bonds is 5. The highest BCUT2D eigenvalue weighted by molar-refractivity contribution is 5.90. The van der Waals surface area contributed by atoms with Gasteiger partial charge in [-0.3, -0.25) is 0 Å². The molecule has 5 nitrogen and oxygen atoms in total. The second-order valence-corrected chi connectivity index (χ2v) is 6.85. The summed E-state index contributed by atoms with van der Waals surface area (Å²) in [7, 11) is 0. The molecular weight excluding hydrogens is 367 g/mol. The van der Waals surface area contributed by atoms with Gasteiger partial charge in [-0.2, -0.15) is 0 Å². The van der Waals surface area contributed by atoms with E-state index in [2.05, 4.69) is 25.2 Å².